The molecule has 0 N–H and O–H groups in total. The molecule has 110 valence electrons. The van der Waals surface area contributed by atoms with Gasteiger partial charge in [-0.2, -0.15) is 0 Å². The van der Waals surface area contributed by atoms with E-state index in [1.165, 1.54) is 0 Å². The Hall–Kier alpha value is -0.240. The topological polar surface area (TPSA) is 55.4 Å². The minimum absolute atomic E-state index is 0.237. The zero-order valence-corrected chi connectivity index (χ0v) is 12.2. The summed E-state index contributed by atoms with van der Waals surface area (Å²) in [6.07, 6.45) is -1.08. The van der Waals surface area contributed by atoms with Crippen molar-refractivity contribution in [2.75, 3.05) is 55.9 Å². The molecule has 0 spiro atoms. The lowest BCUT2D eigenvalue weighted by Crippen LogP contribution is -2.50. The normalized spacial score (nSPS) is 18.3. The van der Waals surface area contributed by atoms with Crippen LogP contribution in [-0.2, 0) is 28.4 Å². The number of ether oxygens (including phenoxy) is 6. The third-order valence-corrected chi connectivity index (χ3v) is 2.87. The summed E-state index contributed by atoms with van der Waals surface area (Å²) in [5.41, 5.74) is 0. The first-order valence-corrected chi connectivity index (χ1v) is 5.79. The highest BCUT2D eigenvalue weighted by atomic mass is 16.6. The van der Waals surface area contributed by atoms with Gasteiger partial charge in [0.05, 0.1) is 13.2 Å². The summed E-state index contributed by atoms with van der Waals surface area (Å²) in [6, 6.07) is 0. The van der Waals surface area contributed by atoms with Crippen molar-refractivity contribution in [2.24, 2.45) is 0 Å². The molecule has 0 aliphatic rings. The van der Waals surface area contributed by atoms with Crippen molar-refractivity contribution >= 4 is 0 Å². The predicted molar refractivity (Wildman–Crippen MR) is 66.9 cm³/mol. The summed E-state index contributed by atoms with van der Waals surface area (Å²) in [5, 5.41) is 0. The zero-order valence-electron chi connectivity index (χ0n) is 12.2. The maximum absolute atomic E-state index is 5.47. The monoisotopic (exact) mass is 266 g/mol. The standard InChI is InChI=1S/C12H26O6/c1-13-7-9(15-3)11(17-5)12(18-6)10(16-4)8-14-2/h9-12H,7-8H2,1-6H3/t9-,10+,11-,12-/m1/s1. The van der Waals surface area contributed by atoms with Crippen LogP contribution in [0.1, 0.15) is 0 Å². The first-order chi connectivity index (χ1) is 8.69. The van der Waals surface area contributed by atoms with E-state index in [0.717, 1.165) is 0 Å². The largest absolute Gasteiger partial charge is 0.382 e. The highest BCUT2D eigenvalue weighted by Crippen LogP contribution is 2.16. The summed E-state index contributed by atoms with van der Waals surface area (Å²) in [4.78, 5) is 0. The maximum atomic E-state index is 5.47. The van der Waals surface area contributed by atoms with Gasteiger partial charge in [0.15, 0.2) is 0 Å². The molecule has 0 aromatic heterocycles. The molecule has 0 aromatic carbocycles. The molecule has 0 saturated carbocycles. The zero-order chi connectivity index (χ0) is 14.0. The van der Waals surface area contributed by atoms with E-state index < -0.39 is 0 Å². The lowest BCUT2D eigenvalue weighted by molar-refractivity contribution is -0.166. The van der Waals surface area contributed by atoms with Crippen LogP contribution in [0, 0.1) is 0 Å². The lowest BCUT2D eigenvalue weighted by Gasteiger charge is -2.34. The van der Waals surface area contributed by atoms with Crippen LogP contribution in [0.2, 0.25) is 0 Å². The van der Waals surface area contributed by atoms with Crippen molar-refractivity contribution < 1.29 is 28.4 Å². The third kappa shape index (κ3) is 5.17. The van der Waals surface area contributed by atoms with Gasteiger partial charge >= 0.3 is 0 Å². The van der Waals surface area contributed by atoms with E-state index in [9.17, 15) is 0 Å². The molecule has 0 amide bonds. The Balaban J connectivity index is 4.81. The third-order valence-electron chi connectivity index (χ3n) is 2.87. The fraction of sp³-hybridized carbons (Fsp3) is 1.00. The number of hydrogen-bond acceptors (Lipinski definition) is 6. The second-order valence-electron chi connectivity index (χ2n) is 3.86. The van der Waals surface area contributed by atoms with Crippen molar-refractivity contribution in [3.63, 3.8) is 0 Å². The molecule has 0 saturated heterocycles. The molecule has 0 radical (unpaired) electrons. The summed E-state index contributed by atoms with van der Waals surface area (Å²) < 4.78 is 31.9. The van der Waals surface area contributed by atoms with E-state index in [-0.39, 0.29) is 24.4 Å². The van der Waals surface area contributed by atoms with E-state index in [1.807, 2.05) is 0 Å². The molecule has 0 aliphatic carbocycles. The Morgan fingerprint density at radius 2 is 0.889 bits per heavy atom. The van der Waals surface area contributed by atoms with Gasteiger partial charge in [0.1, 0.15) is 24.4 Å². The van der Waals surface area contributed by atoms with Crippen LogP contribution >= 0.6 is 0 Å². The van der Waals surface area contributed by atoms with Gasteiger partial charge in [-0.05, 0) is 0 Å². The average Bonchev–Trinajstić information content (AvgIpc) is 2.40. The molecule has 0 unspecified atom stereocenters. The second kappa shape index (κ2) is 10.7. The smallest absolute Gasteiger partial charge is 0.114 e. The van der Waals surface area contributed by atoms with Crippen LogP contribution in [0.25, 0.3) is 0 Å². The van der Waals surface area contributed by atoms with Crippen LogP contribution < -0.4 is 0 Å². The Labute approximate surface area is 109 Å². The number of methoxy groups -OCH3 is 6. The maximum Gasteiger partial charge on any atom is 0.114 e. The highest BCUT2D eigenvalue weighted by molar-refractivity contribution is 4.85. The van der Waals surface area contributed by atoms with Crippen molar-refractivity contribution in [3.8, 4) is 0 Å². The average molecular weight is 266 g/mol. The highest BCUT2D eigenvalue weighted by Gasteiger charge is 2.36. The van der Waals surface area contributed by atoms with Gasteiger partial charge in [0, 0.05) is 42.7 Å². The van der Waals surface area contributed by atoms with Crippen molar-refractivity contribution in [1.82, 2.24) is 0 Å². The summed E-state index contributed by atoms with van der Waals surface area (Å²) in [5.74, 6) is 0. The molecule has 0 aromatic rings. The molecule has 6 heteroatoms. The molecule has 0 heterocycles. The summed E-state index contributed by atoms with van der Waals surface area (Å²) >= 11 is 0. The molecule has 6 nitrogen and oxygen atoms in total. The predicted octanol–water partition coefficient (Wildman–Crippen LogP) is 0.339. The van der Waals surface area contributed by atoms with Crippen molar-refractivity contribution in [3.05, 3.63) is 0 Å². The van der Waals surface area contributed by atoms with Gasteiger partial charge in [0.2, 0.25) is 0 Å². The van der Waals surface area contributed by atoms with Gasteiger partial charge < -0.3 is 28.4 Å². The first kappa shape index (κ1) is 17.8. The second-order valence-corrected chi connectivity index (χ2v) is 3.86. The van der Waals surface area contributed by atoms with Crippen LogP contribution in [0.3, 0.4) is 0 Å². The summed E-state index contributed by atoms with van der Waals surface area (Å²) in [6.45, 7) is 0.830. The lowest BCUT2D eigenvalue weighted by atomic mass is 10.0. The van der Waals surface area contributed by atoms with Gasteiger partial charge in [-0.3, -0.25) is 0 Å². The fourth-order valence-electron chi connectivity index (χ4n) is 1.92. The van der Waals surface area contributed by atoms with E-state index >= 15 is 0 Å². The minimum Gasteiger partial charge on any atom is -0.382 e. The van der Waals surface area contributed by atoms with Gasteiger partial charge in [-0.1, -0.05) is 0 Å². The van der Waals surface area contributed by atoms with Crippen molar-refractivity contribution in [1.29, 1.82) is 0 Å². The van der Waals surface area contributed by atoms with Crippen LogP contribution in [0.5, 0.6) is 0 Å². The Morgan fingerprint density at radius 1 is 0.556 bits per heavy atom. The van der Waals surface area contributed by atoms with Gasteiger partial charge in [-0.15, -0.1) is 0 Å². The van der Waals surface area contributed by atoms with E-state index in [0.29, 0.717) is 13.2 Å². The molecular weight excluding hydrogens is 240 g/mol. The number of hydrogen-bond donors (Lipinski definition) is 0. The Bertz CT molecular complexity index is 169. The van der Waals surface area contributed by atoms with Gasteiger partial charge in [-0.25, -0.2) is 0 Å². The first-order valence-electron chi connectivity index (χ1n) is 5.79. The number of rotatable bonds is 11. The van der Waals surface area contributed by atoms with Crippen molar-refractivity contribution in [2.45, 2.75) is 24.4 Å². The molecule has 0 rings (SSSR count). The van der Waals surface area contributed by atoms with E-state index in [2.05, 4.69) is 0 Å². The molecule has 18 heavy (non-hydrogen) atoms. The Morgan fingerprint density at radius 3 is 1.06 bits per heavy atom. The molecule has 0 fully saturated rings. The quantitative estimate of drug-likeness (QED) is 0.537. The minimum atomic E-state index is -0.306. The summed E-state index contributed by atoms with van der Waals surface area (Å²) in [7, 11) is 9.67. The van der Waals surface area contributed by atoms with Crippen LogP contribution in [0.4, 0.5) is 0 Å². The molecule has 0 bridgehead atoms. The van der Waals surface area contributed by atoms with Crippen LogP contribution in [0.15, 0.2) is 0 Å². The van der Waals surface area contributed by atoms with E-state index in [4.69, 9.17) is 28.4 Å². The van der Waals surface area contributed by atoms with Gasteiger partial charge in [0.25, 0.3) is 0 Å². The SMILES string of the molecule is COC[C@H](OC)[C@@H](OC)[C@H](OC)[C@@H](COC)OC. The molecule has 0 aliphatic heterocycles. The molecular formula is C12H26O6. The molecule has 4 atom stereocenters. The Kier molecular flexibility index (Phi) is 10.5. The fourth-order valence-corrected chi connectivity index (χ4v) is 1.92. The van der Waals surface area contributed by atoms with E-state index in [1.54, 1.807) is 42.7 Å². The van der Waals surface area contributed by atoms with Crippen LogP contribution in [-0.4, -0.2) is 80.3 Å².